The molecule has 0 unspecified atom stereocenters. The SMILES string of the molecule is NC1(CN2CCN(CC(F)(F)F)CC2)CCCCC1. The highest BCUT2D eigenvalue weighted by atomic mass is 19.4. The van der Waals surface area contributed by atoms with Crippen LogP contribution in [0, 0.1) is 0 Å². The van der Waals surface area contributed by atoms with Crippen molar-refractivity contribution in [1.82, 2.24) is 9.80 Å². The number of halogens is 3. The van der Waals surface area contributed by atoms with Gasteiger partial charge in [-0.25, -0.2) is 0 Å². The van der Waals surface area contributed by atoms with Gasteiger partial charge in [0.25, 0.3) is 0 Å². The van der Waals surface area contributed by atoms with Gasteiger partial charge >= 0.3 is 6.18 Å². The van der Waals surface area contributed by atoms with Gasteiger partial charge in [0, 0.05) is 38.3 Å². The van der Waals surface area contributed by atoms with Gasteiger partial charge < -0.3 is 5.73 Å². The third-order valence-corrected chi connectivity index (χ3v) is 4.26. The predicted octanol–water partition coefficient (Wildman–Crippen LogP) is 1.83. The summed E-state index contributed by atoms with van der Waals surface area (Å²) in [6.45, 7) is 2.46. The number of hydrogen-bond acceptors (Lipinski definition) is 3. The molecule has 1 saturated heterocycles. The van der Waals surface area contributed by atoms with Crippen molar-refractivity contribution in [2.75, 3.05) is 39.3 Å². The number of rotatable bonds is 3. The molecule has 0 bridgehead atoms. The molecule has 0 aromatic carbocycles. The minimum atomic E-state index is -4.08. The molecular weight excluding hydrogens is 255 g/mol. The molecule has 3 nitrogen and oxygen atoms in total. The Morgan fingerprint density at radius 1 is 0.895 bits per heavy atom. The zero-order valence-corrected chi connectivity index (χ0v) is 11.4. The van der Waals surface area contributed by atoms with Gasteiger partial charge in [0.05, 0.1) is 6.54 Å². The Morgan fingerprint density at radius 3 is 1.95 bits per heavy atom. The van der Waals surface area contributed by atoms with Crippen LogP contribution in [-0.4, -0.2) is 60.8 Å². The zero-order valence-electron chi connectivity index (χ0n) is 11.4. The summed E-state index contributed by atoms with van der Waals surface area (Å²) in [6.07, 6.45) is 1.65. The Hall–Kier alpha value is -0.330. The molecule has 2 fully saturated rings. The summed E-state index contributed by atoms with van der Waals surface area (Å²) in [7, 11) is 0. The first kappa shape index (κ1) is 15.1. The molecule has 0 spiro atoms. The molecule has 0 aromatic heterocycles. The molecule has 1 saturated carbocycles. The van der Waals surface area contributed by atoms with Crippen LogP contribution >= 0.6 is 0 Å². The average molecular weight is 279 g/mol. The Labute approximate surface area is 112 Å². The molecule has 112 valence electrons. The van der Waals surface area contributed by atoms with Gasteiger partial charge in [-0.2, -0.15) is 13.2 Å². The predicted molar refractivity (Wildman–Crippen MR) is 68.9 cm³/mol. The molecule has 6 heteroatoms. The van der Waals surface area contributed by atoms with Gasteiger partial charge in [-0.05, 0) is 12.8 Å². The summed E-state index contributed by atoms with van der Waals surface area (Å²) in [6, 6.07) is 0. The van der Waals surface area contributed by atoms with E-state index in [2.05, 4.69) is 4.90 Å². The lowest BCUT2D eigenvalue weighted by Crippen LogP contribution is -2.56. The second-order valence-corrected chi connectivity index (χ2v) is 6.09. The van der Waals surface area contributed by atoms with E-state index in [1.807, 2.05) is 0 Å². The Balaban J connectivity index is 1.74. The molecular formula is C13H24F3N3. The summed E-state index contributed by atoms with van der Waals surface area (Å²) in [5.41, 5.74) is 6.28. The molecule has 1 aliphatic carbocycles. The second kappa shape index (κ2) is 5.97. The van der Waals surface area contributed by atoms with E-state index in [9.17, 15) is 13.2 Å². The lowest BCUT2D eigenvalue weighted by Gasteiger charge is -2.41. The molecule has 2 N–H and O–H groups in total. The van der Waals surface area contributed by atoms with E-state index >= 15 is 0 Å². The summed E-state index contributed by atoms with van der Waals surface area (Å²) in [4.78, 5) is 3.72. The molecule has 1 heterocycles. The highest BCUT2D eigenvalue weighted by molar-refractivity contribution is 4.91. The molecule has 0 radical (unpaired) electrons. The average Bonchev–Trinajstić information content (AvgIpc) is 2.30. The normalized spacial score (nSPS) is 26.5. The lowest BCUT2D eigenvalue weighted by atomic mass is 9.82. The summed E-state index contributed by atoms with van der Waals surface area (Å²) < 4.78 is 36.9. The van der Waals surface area contributed by atoms with E-state index in [4.69, 9.17) is 5.73 Å². The van der Waals surface area contributed by atoms with Gasteiger partial charge in [0.2, 0.25) is 0 Å². The molecule has 0 atom stereocenters. The van der Waals surface area contributed by atoms with E-state index in [-0.39, 0.29) is 5.54 Å². The van der Waals surface area contributed by atoms with Crippen molar-refractivity contribution in [3.63, 3.8) is 0 Å². The first-order chi connectivity index (χ1) is 8.86. The number of nitrogens with two attached hydrogens (primary N) is 1. The smallest absolute Gasteiger partial charge is 0.324 e. The van der Waals surface area contributed by atoms with Crippen molar-refractivity contribution in [2.24, 2.45) is 5.73 Å². The van der Waals surface area contributed by atoms with Crippen LogP contribution in [0.3, 0.4) is 0 Å². The summed E-state index contributed by atoms with van der Waals surface area (Å²) in [5.74, 6) is 0. The monoisotopic (exact) mass is 279 g/mol. The van der Waals surface area contributed by atoms with Gasteiger partial charge in [0.1, 0.15) is 0 Å². The molecule has 0 amide bonds. The fourth-order valence-electron chi connectivity index (χ4n) is 3.22. The van der Waals surface area contributed by atoms with Crippen molar-refractivity contribution in [3.8, 4) is 0 Å². The zero-order chi connectivity index (χ0) is 13.9. The first-order valence-corrected chi connectivity index (χ1v) is 7.17. The number of nitrogens with zero attached hydrogens (tertiary/aromatic N) is 2. The number of alkyl halides is 3. The van der Waals surface area contributed by atoms with Crippen LogP contribution < -0.4 is 5.73 Å². The molecule has 1 aliphatic heterocycles. The summed E-state index contributed by atoms with van der Waals surface area (Å²) >= 11 is 0. The maximum atomic E-state index is 12.3. The van der Waals surface area contributed by atoms with Crippen LogP contribution in [0.4, 0.5) is 13.2 Å². The van der Waals surface area contributed by atoms with Crippen molar-refractivity contribution < 1.29 is 13.2 Å². The largest absolute Gasteiger partial charge is 0.401 e. The quantitative estimate of drug-likeness (QED) is 0.855. The van der Waals surface area contributed by atoms with Gasteiger partial charge in [0.15, 0.2) is 0 Å². The van der Waals surface area contributed by atoms with Crippen LogP contribution in [-0.2, 0) is 0 Å². The number of piperazine rings is 1. The standard InChI is InChI=1S/C13H24F3N3/c14-13(15,16)11-19-8-6-18(7-9-19)10-12(17)4-2-1-3-5-12/h1-11,17H2. The first-order valence-electron chi connectivity index (χ1n) is 7.17. The van der Waals surface area contributed by atoms with E-state index in [1.54, 1.807) is 0 Å². The topological polar surface area (TPSA) is 32.5 Å². The fourth-order valence-corrected chi connectivity index (χ4v) is 3.22. The summed E-state index contributed by atoms with van der Waals surface area (Å²) in [5, 5.41) is 0. The van der Waals surface area contributed by atoms with Crippen LogP contribution in [0.1, 0.15) is 32.1 Å². The molecule has 0 aromatic rings. The van der Waals surface area contributed by atoms with Crippen molar-refractivity contribution in [2.45, 2.75) is 43.8 Å². The van der Waals surface area contributed by atoms with Crippen molar-refractivity contribution in [3.05, 3.63) is 0 Å². The second-order valence-electron chi connectivity index (χ2n) is 6.09. The number of hydrogen-bond donors (Lipinski definition) is 1. The highest BCUT2D eigenvalue weighted by Crippen LogP contribution is 2.27. The fraction of sp³-hybridized carbons (Fsp3) is 1.00. The highest BCUT2D eigenvalue weighted by Gasteiger charge is 2.34. The van der Waals surface area contributed by atoms with Crippen LogP contribution in [0.25, 0.3) is 0 Å². The Kier molecular flexibility index (Phi) is 4.74. The van der Waals surface area contributed by atoms with E-state index in [0.717, 1.165) is 19.4 Å². The lowest BCUT2D eigenvalue weighted by molar-refractivity contribution is -0.149. The maximum absolute atomic E-state index is 12.3. The van der Waals surface area contributed by atoms with E-state index in [0.29, 0.717) is 26.2 Å². The van der Waals surface area contributed by atoms with Crippen LogP contribution in [0.15, 0.2) is 0 Å². The molecule has 2 rings (SSSR count). The van der Waals surface area contributed by atoms with Gasteiger partial charge in [-0.1, -0.05) is 19.3 Å². The third-order valence-electron chi connectivity index (χ3n) is 4.26. The van der Waals surface area contributed by atoms with Crippen LogP contribution in [0.5, 0.6) is 0 Å². The molecule has 19 heavy (non-hydrogen) atoms. The van der Waals surface area contributed by atoms with Crippen molar-refractivity contribution in [1.29, 1.82) is 0 Å². The Morgan fingerprint density at radius 2 is 1.42 bits per heavy atom. The van der Waals surface area contributed by atoms with E-state index in [1.165, 1.54) is 24.2 Å². The molecule has 2 aliphatic rings. The minimum Gasteiger partial charge on any atom is -0.324 e. The third kappa shape index (κ3) is 4.93. The van der Waals surface area contributed by atoms with E-state index < -0.39 is 12.7 Å². The van der Waals surface area contributed by atoms with Gasteiger partial charge in [-0.15, -0.1) is 0 Å². The van der Waals surface area contributed by atoms with Gasteiger partial charge in [-0.3, -0.25) is 9.80 Å². The van der Waals surface area contributed by atoms with Crippen molar-refractivity contribution >= 4 is 0 Å². The Bertz CT molecular complexity index is 279. The van der Waals surface area contributed by atoms with Crippen LogP contribution in [0.2, 0.25) is 0 Å². The maximum Gasteiger partial charge on any atom is 0.401 e. The minimum absolute atomic E-state index is 0.107.